The van der Waals surface area contributed by atoms with Crippen LogP contribution < -0.4 is 5.32 Å². The van der Waals surface area contributed by atoms with E-state index in [4.69, 9.17) is 0 Å². The van der Waals surface area contributed by atoms with Crippen molar-refractivity contribution in [1.82, 2.24) is 10.2 Å². The topological polar surface area (TPSA) is 35.5 Å². The summed E-state index contributed by atoms with van der Waals surface area (Å²) in [5.74, 6) is 1.29. The number of hydrogen-bond acceptors (Lipinski definition) is 3. The van der Waals surface area contributed by atoms with Gasteiger partial charge in [-0.05, 0) is 44.2 Å². The minimum atomic E-state index is -0.0641. The number of aliphatic hydroxyl groups is 1. The van der Waals surface area contributed by atoms with Crippen LogP contribution in [0.5, 0.6) is 0 Å². The minimum Gasteiger partial charge on any atom is -0.393 e. The van der Waals surface area contributed by atoms with Crippen molar-refractivity contribution in [3.05, 3.63) is 0 Å². The number of piperidine rings is 2. The Morgan fingerprint density at radius 2 is 2.19 bits per heavy atom. The van der Waals surface area contributed by atoms with Gasteiger partial charge in [0.15, 0.2) is 0 Å². The molecule has 0 aromatic carbocycles. The van der Waals surface area contributed by atoms with Crippen LogP contribution >= 0.6 is 12.4 Å². The zero-order chi connectivity index (χ0) is 10.7. The van der Waals surface area contributed by atoms with E-state index in [1.807, 2.05) is 0 Å². The molecule has 4 heteroatoms. The molecule has 0 spiro atoms. The fourth-order valence-corrected chi connectivity index (χ4v) is 2.83. The Balaban J connectivity index is 0.00000128. The molecule has 2 fully saturated rings. The molecule has 2 aliphatic rings. The molecule has 0 radical (unpaired) electrons. The Labute approximate surface area is 105 Å². The molecular weight excluding hydrogens is 224 g/mol. The van der Waals surface area contributed by atoms with Crippen LogP contribution in [-0.4, -0.2) is 48.8 Å². The molecule has 96 valence electrons. The van der Waals surface area contributed by atoms with Gasteiger partial charge in [0.2, 0.25) is 0 Å². The predicted octanol–water partition coefficient (Wildman–Crippen LogP) is 1.11. The monoisotopic (exact) mass is 248 g/mol. The lowest BCUT2D eigenvalue weighted by Crippen LogP contribution is -2.46. The maximum Gasteiger partial charge on any atom is 0.0590 e. The van der Waals surface area contributed by atoms with E-state index in [1.165, 1.54) is 32.5 Å². The van der Waals surface area contributed by atoms with Crippen molar-refractivity contribution in [2.75, 3.05) is 32.7 Å². The molecule has 2 rings (SSSR count). The SMILES string of the molecule is CC1CN(CC2CCCNC2)CCC1O.Cl. The highest BCUT2D eigenvalue weighted by Crippen LogP contribution is 2.19. The summed E-state index contributed by atoms with van der Waals surface area (Å²) < 4.78 is 0. The summed E-state index contributed by atoms with van der Waals surface area (Å²) in [5, 5.41) is 13.1. The van der Waals surface area contributed by atoms with Crippen molar-refractivity contribution in [2.24, 2.45) is 11.8 Å². The number of hydrogen-bond donors (Lipinski definition) is 2. The van der Waals surface area contributed by atoms with Crippen LogP contribution in [0.4, 0.5) is 0 Å². The molecule has 3 unspecified atom stereocenters. The Hall–Kier alpha value is 0.170. The van der Waals surface area contributed by atoms with Gasteiger partial charge >= 0.3 is 0 Å². The van der Waals surface area contributed by atoms with Crippen molar-refractivity contribution in [3.8, 4) is 0 Å². The highest BCUT2D eigenvalue weighted by atomic mass is 35.5. The van der Waals surface area contributed by atoms with Crippen LogP contribution in [0.15, 0.2) is 0 Å². The van der Waals surface area contributed by atoms with Crippen LogP contribution in [-0.2, 0) is 0 Å². The molecule has 0 bridgehead atoms. The molecule has 2 saturated heterocycles. The first kappa shape index (κ1) is 14.2. The molecular formula is C12H25ClN2O. The molecule has 16 heavy (non-hydrogen) atoms. The van der Waals surface area contributed by atoms with E-state index in [-0.39, 0.29) is 18.5 Å². The van der Waals surface area contributed by atoms with Gasteiger partial charge in [0.25, 0.3) is 0 Å². The van der Waals surface area contributed by atoms with Crippen LogP contribution in [0.25, 0.3) is 0 Å². The minimum absolute atomic E-state index is 0. The average Bonchev–Trinajstić information content (AvgIpc) is 2.25. The first-order valence-corrected chi connectivity index (χ1v) is 6.37. The molecule has 0 aromatic heterocycles. The van der Waals surface area contributed by atoms with Gasteiger partial charge in [-0.1, -0.05) is 6.92 Å². The van der Waals surface area contributed by atoms with E-state index in [9.17, 15) is 5.11 Å². The van der Waals surface area contributed by atoms with E-state index in [2.05, 4.69) is 17.1 Å². The quantitative estimate of drug-likeness (QED) is 0.769. The fourth-order valence-electron chi connectivity index (χ4n) is 2.83. The van der Waals surface area contributed by atoms with Gasteiger partial charge in [0.1, 0.15) is 0 Å². The van der Waals surface area contributed by atoms with Crippen LogP contribution in [0, 0.1) is 11.8 Å². The molecule has 2 heterocycles. The summed E-state index contributed by atoms with van der Waals surface area (Å²) in [6.07, 6.45) is 3.60. The highest BCUT2D eigenvalue weighted by Gasteiger charge is 2.26. The standard InChI is InChI=1S/C12H24N2O.ClH/c1-10-8-14(6-4-12(10)15)9-11-3-2-5-13-7-11;/h10-13,15H,2-9H2,1H3;1H. The Morgan fingerprint density at radius 3 is 2.81 bits per heavy atom. The molecule has 0 amide bonds. The van der Waals surface area contributed by atoms with E-state index in [0.29, 0.717) is 5.92 Å². The van der Waals surface area contributed by atoms with E-state index in [0.717, 1.165) is 25.4 Å². The largest absolute Gasteiger partial charge is 0.393 e. The second-order valence-corrected chi connectivity index (χ2v) is 5.31. The molecule has 0 aliphatic carbocycles. The molecule has 3 nitrogen and oxygen atoms in total. The summed E-state index contributed by atoms with van der Waals surface area (Å²) in [4.78, 5) is 2.54. The summed E-state index contributed by atoms with van der Waals surface area (Å²) in [5.41, 5.74) is 0. The Kier molecular flexibility index (Phi) is 6.05. The van der Waals surface area contributed by atoms with E-state index < -0.39 is 0 Å². The lowest BCUT2D eigenvalue weighted by molar-refractivity contribution is 0.0276. The lowest BCUT2D eigenvalue weighted by atomic mass is 9.94. The predicted molar refractivity (Wildman–Crippen MR) is 69.1 cm³/mol. The molecule has 2 N–H and O–H groups in total. The fraction of sp³-hybridized carbons (Fsp3) is 1.00. The van der Waals surface area contributed by atoms with E-state index in [1.54, 1.807) is 0 Å². The third-order valence-electron chi connectivity index (χ3n) is 3.86. The number of aliphatic hydroxyl groups excluding tert-OH is 1. The number of nitrogens with zero attached hydrogens (tertiary/aromatic N) is 1. The molecule has 0 saturated carbocycles. The van der Waals surface area contributed by atoms with Gasteiger partial charge in [-0.25, -0.2) is 0 Å². The van der Waals surface area contributed by atoms with Crippen LogP contribution in [0.1, 0.15) is 26.2 Å². The zero-order valence-electron chi connectivity index (χ0n) is 10.2. The van der Waals surface area contributed by atoms with Crippen molar-refractivity contribution in [3.63, 3.8) is 0 Å². The van der Waals surface area contributed by atoms with Gasteiger partial charge in [-0.15, -0.1) is 12.4 Å². The molecule has 0 aromatic rings. The average molecular weight is 249 g/mol. The van der Waals surface area contributed by atoms with Crippen LogP contribution in [0.2, 0.25) is 0 Å². The van der Waals surface area contributed by atoms with Crippen molar-refractivity contribution in [1.29, 1.82) is 0 Å². The summed E-state index contributed by atoms with van der Waals surface area (Å²) in [7, 11) is 0. The number of halogens is 1. The smallest absolute Gasteiger partial charge is 0.0590 e. The molecule has 3 atom stereocenters. The summed E-state index contributed by atoms with van der Waals surface area (Å²) >= 11 is 0. The van der Waals surface area contributed by atoms with Gasteiger partial charge in [-0.2, -0.15) is 0 Å². The maximum atomic E-state index is 9.66. The van der Waals surface area contributed by atoms with Gasteiger partial charge < -0.3 is 15.3 Å². The first-order valence-electron chi connectivity index (χ1n) is 6.37. The third-order valence-corrected chi connectivity index (χ3v) is 3.86. The Bertz CT molecular complexity index is 197. The zero-order valence-corrected chi connectivity index (χ0v) is 11.0. The molecule has 2 aliphatic heterocycles. The van der Waals surface area contributed by atoms with Gasteiger partial charge in [-0.3, -0.25) is 0 Å². The second kappa shape index (κ2) is 6.80. The highest BCUT2D eigenvalue weighted by molar-refractivity contribution is 5.85. The van der Waals surface area contributed by atoms with E-state index >= 15 is 0 Å². The van der Waals surface area contributed by atoms with Crippen molar-refractivity contribution < 1.29 is 5.11 Å². The van der Waals surface area contributed by atoms with Gasteiger partial charge in [0.05, 0.1) is 6.10 Å². The summed E-state index contributed by atoms with van der Waals surface area (Å²) in [6, 6.07) is 0. The normalized spacial score (nSPS) is 36.8. The van der Waals surface area contributed by atoms with Crippen molar-refractivity contribution >= 4 is 12.4 Å². The van der Waals surface area contributed by atoms with Crippen molar-refractivity contribution in [2.45, 2.75) is 32.3 Å². The summed E-state index contributed by atoms with van der Waals surface area (Å²) in [6.45, 7) is 7.94. The lowest BCUT2D eigenvalue weighted by Gasteiger charge is -2.37. The second-order valence-electron chi connectivity index (χ2n) is 5.31. The number of nitrogens with one attached hydrogen (secondary N) is 1. The van der Waals surface area contributed by atoms with Crippen LogP contribution in [0.3, 0.4) is 0 Å². The number of likely N-dealkylation sites (tertiary alicyclic amines) is 1. The number of rotatable bonds is 2. The first-order chi connectivity index (χ1) is 7.25. The van der Waals surface area contributed by atoms with Gasteiger partial charge in [0, 0.05) is 19.6 Å². The Morgan fingerprint density at radius 1 is 1.38 bits per heavy atom. The maximum absolute atomic E-state index is 9.66. The third kappa shape index (κ3) is 3.88.